The Balaban J connectivity index is 2.01. The molecule has 0 fully saturated rings. The molecule has 5 nitrogen and oxygen atoms in total. The van der Waals surface area contributed by atoms with Crippen LogP contribution in [0.1, 0.15) is 11.4 Å². The van der Waals surface area contributed by atoms with Crippen molar-refractivity contribution in [2.75, 3.05) is 20.3 Å². The Morgan fingerprint density at radius 3 is 3.05 bits per heavy atom. The highest BCUT2D eigenvalue weighted by atomic mass is 35.5. The van der Waals surface area contributed by atoms with Crippen molar-refractivity contribution in [2.45, 2.75) is 13.1 Å². The smallest absolute Gasteiger partial charge is 0.141 e. The summed E-state index contributed by atoms with van der Waals surface area (Å²) in [5.74, 6) is 0.445. The number of hydrogen-bond acceptors (Lipinski definition) is 4. The molecule has 0 aliphatic heterocycles. The first-order valence-corrected chi connectivity index (χ1v) is 6.58. The lowest BCUT2D eigenvalue weighted by atomic mass is 10.2. The average molecular weight is 299 g/mol. The van der Waals surface area contributed by atoms with Gasteiger partial charge in [0.1, 0.15) is 18.0 Å². The standard InChI is InChI=1S/C13H16ClFN4O/c1-20-5-4-16-7-13-17-9-18-19(13)8-10-2-3-11(15)6-12(10)14/h2-3,6,9,16H,4-5,7-8H2,1H3. The van der Waals surface area contributed by atoms with Gasteiger partial charge in [-0.05, 0) is 17.7 Å². The van der Waals surface area contributed by atoms with E-state index in [2.05, 4.69) is 15.4 Å². The van der Waals surface area contributed by atoms with Gasteiger partial charge in [0, 0.05) is 18.7 Å². The minimum atomic E-state index is -0.348. The van der Waals surface area contributed by atoms with Gasteiger partial charge in [-0.25, -0.2) is 14.1 Å². The molecule has 7 heteroatoms. The van der Waals surface area contributed by atoms with Gasteiger partial charge in [-0.2, -0.15) is 5.10 Å². The highest BCUT2D eigenvalue weighted by Crippen LogP contribution is 2.18. The summed E-state index contributed by atoms with van der Waals surface area (Å²) in [6.45, 7) is 2.42. The van der Waals surface area contributed by atoms with Gasteiger partial charge in [0.25, 0.3) is 0 Å². The highest BCUT2D eigenvalue weighted by Gasteiger charge is 2.08. The molecule has 108 valence electrons. The summed E-state index contributed by atoms with van der Waals surface area (Å²) in [6, 6.07) is 4.33. The fraction of sp³-hybridized carbons (Fsp3) is 0.385. The first kappa shape index (κ1) is 14.9. The van der Waals surface area contributed by atoms with Gasteiger partial charge in [0.15, 0.2) is 0 Å². The number of ether oxygens (including phenoxy) is 1. The predicted molar refractivity (Wildman–Crippen MR) is 74.1 cm³/mol. The van der Waals surface area contributed by atoms with E-state index in [-0.39, 0.29) is 5.82 Å². The second-order valence-corrected chi connectivity index (χ2v) is 4.65. The van der Waals surface area contributed by atoms with Crippen molar-refractivity contribution < 1.29 is 9.13 Å². The van der Waals surface area contributed by atoms with E-state index in [0.29, 0.717) is 24.7 Å². The van der Waals surface area contributed by atoms with Crippen LogP contribution in [0.2, 0.25) is 5.02 Å². The van der Waals surface area contributed by atoms with Crippen LogP contribution in [0.3, 0.4) is 0 Å². The van der Waals surface area contributed by atoms with Crippen LogP contribution in [-0.4, -0.2) is 35.0 Å². The molecule has 0 amide bonds. The molecule has 2 rings (SSSR count). The average Bonchev–Trinajstić information content (AvgIpc) is 2.85. The lowest BCUT2D eigenvalue weighted by molar-refractivity contribution is 0.198. The van der Waals surface area contributed by atoms with Crippen LogP contribution < -0.4 is 5.32 Å². The molecule has 0 unspecified atom stereocenters. The van der Waals surface area contributed by atoms with Gasteiger partial charge in [-0.3, -0.25) is 0 Å². The van der Waals surface area contributed by atoms with Gasteiger partial charge >= 0.3 is 0 Å². The predicted octanol–water partition coefficient (Wildman–Crippen LogP) is 1.85. The molecule has 1 heterocycles. The highest BCUT2D eigenvalue weighted by molar-refractivity contribution is 6.31. The Labute approximate surface area is 121 Å². The Morgan fingerprint density at radius 2 is 2.30 bits per heavy atom. The van der Waals surface area contributed by atoms with Gasteiger partial charge in [0.05, 0.1) is 19.7 Å². The molecule has 0 radical (unpaired) electrons. The lowest BCUT2D eigenvalue weighted by Crippen LogP contribution is -2.21. The molecule has 20 heavy (non-hydrogen) atoms. The monoisotopic (exact) mass is 298 g/mol. The third-order valence-corrected chi connectivity index (χ3v) is 3.15. The van der Waals surface area contributed by atoms with Crippen LogP contribution in [0.5, 0.6) is 0 Å². The van der Waals surface area contributed by atoms with Crippen molar-refractivity contribution in [1.82, 2.24) is 20.1 Å². The van der Waals surface area contributed by atoms with Gasteiger partial charge in [-0.15, -0.1) is 0 Å². The molecule has 0 aliphatic rings. The quantitative estimate of drug-likeness (QED) is 0.793. The van der Waals surface area contributed by atoms with Crippen molar-refractivity contribution >= 4 is 11.6 Å². The summed E-state index contributed by atoms with van der Waals surface area (Å²) in [4.78, 5) is 4.19. The number of hydrogen-bond donors (Lipinski definition) is 1. The van der Waals surface area contributed by atoms with E-state index in [4.69, 9.17) is 16.3 Å². The Hall–Kier alpha value is -1.50. The van der Waals surface area contributed by atoms with E-state index < -0.39 is 0 Å². The van der Waals surface area contributed by atoms with Crippen molar-refractivity contribution in [2.24, 2.45) is 0 Å². The summed E-state index contributed by atoms with van der Waals surface area (Å²) in [7, 11) is 1.65. The zero-order valence-corrected chi connectivity index (χ0v) is 11.9. The minimum absolute atomic E-state index is 0.348. The van der Waals surface area contributed by atoms with E-state index in [1.807, 2.05) is 0 Å². The molecule has 0 atom stereocenters. The largest absolute Gasteiger partial charge is 0.383 e. The van der Waals surface area contributed by atoms with Gasteiger partial charge in [-0.1, -0.05) is 17.7 Å². The normalized spacial score (nSPS) is 10.9. The lowest BCUT2D eigenvalue weighted by Gasteiger charge is -2.08. The second-order valence-electron chi connectivity index (χ2n) is 4.24. The zero-order chi connectivity index (χ0) is 14.4. The Morgan fingerprint density at radius 1 is 1.45 bits per heavy atom. The maximum Gasteiger partial charge on any atom is 0.141 e. The summed E-state index contributed by atoms with van der Waals surface area (Å²) in [6.07, 6.45) is 1.49. The molecule has 1 N–H and O–H groups in total. The van der Waals surface area contributed by atoms with Crippen LogP contribution >= 0.6 is 11.6 Å². The minimum Gasteiger partial charge on any atom is -0.383 e. The maximum atomic E-state index is 13.0. The first-order valence-electron chi connectivity index (χ1n) is 6.21. The van der Waals surface area contributed by atoms with Crippen LogP contribution in [0.4, 0.5) is 4.39 Å². The third-order valence-electron chi connectivity index (χ3n) is 2.80. The number of nitrogens with zero attached hydrogens (tertiary/aromatic N) is 3. The van der Waals surface area contributed by atoms with Crippen molar-refractivity contribution in [1.29, 1.82) is 0 Å². The van der Waals surface area contributed by atoms with Gasteiger partial charge < -0.3 is 10.1 Å². The van der Waals surface area contributed by atoms with E-state index >= 15 is 0 Å². The fourth-order valence-corrected chi connectivity index (χ4v) is 1.97. The zero-order valence-electron chi connectivity index (χ0n) is 11.1. The summed E-state index contributed by atoms with van der Waals surface area (Å²) >= 11 is 6.01. The van der Waals surface area contributed by atoms with E-state index in [0.717, 1.165) is 17.9 Å². The number of halogens is 2. The number of benzene rings is 1. The molecule has 1 aromatic carbocycles. The second kappa shape index (κ2) is 7.33. The molecular formula is C13H16ClFN4O. The first-order chi connectivity index (χ1) is 9.70. The van der Waals surface area contributed by atoms with E-state index in [1.54, 1.807) is 17.9 Å². The molecule has 0 aliphatic carbocycles. The Kier molecular flexibility index (Phi) is 5.46. The molecule has 0 spiro atoms. The summed E-state index contributed by atoms with van der Waals surface area (Å²) in [5.41, 5.74) is 0.803. The van der Waals surface area contributed by atoms with Crippen LogP contribution in [0, 0.1) is 5.82 Å². The van der Waals surface area contributed by atoms with Crippen molar-refractivity contribution in [3.63, 3.8) is 0 Å². The van der Waals surface area contributed by atoms with Crippen LogP contribution in [0.25, 0.3) is 0 Å². The van der Waals surface area contributed by atoms with E-state index in [1.165, 1.54) is 18.5 Å². The third kappa shape index (κ3) is 4.00. The number of aromatic nitrogens is 3. The van der Waals surface area contributed by atoms with Gasteiger partial charge in [0.2, 0.25) is 0 Å². The van der Waals surface area contributed by atoms with Crippen LogP contribution in [-0.2, 0) is 17.8 Å². The number of methoxy groups -OCH3 is 1. The molecule has 0 saturated carbocycles. The van der Waals surface area contributed by atoms with Crippen molar-refractivity contribution in [3.05, 3.63) is 46.8 Å². The maximum absolute atomic E-state index is 13.0. The van der Waals surface area contributed by atoms with Crippen LogP contribution in [0.15, 0.2) is 24.5 Å². The SMILES string of the molecule is COCCNCc1ncnn1Cc1ccc(F)cc1Cl. The topological polar surface area (TPSA) is 52.0 Å². The summed E-state index contributed by atoms with van der Waals surface area (Å²) < 4.78 is 19.7. The van der Waals surface area contributed by atoms with Crippen molar-refractivity contribution in [3.8, 4) is 0 Å². The Bertz CT molecular complexity index is 561. The fourth-order valence-electron chi connectivity index (χ4n) is 1.74. The molecule has 0 saturated heterocycles. The molecule has 0 bridgehead atoms. The number of nitrogens with one attached hydrogen (secondary N) is 1. The summed E-state index contributed by atoms with van der Waals surface area (Å²) in [5, 5.41) is 7.74. The van der Waals surface area contributed by atoms with E-state index in [9.17, 15) is 4.39 Å². The molecular weight excluding hydrogens is 283 g/mol. The molecule has 1 aromatic heterocycles. The number of rotatable bonds is 7. The molecule has 2 aromatic rings.